The second-order valence-corrected chi connectivity index (χ2v) is 6.79. The van der Waals surface area contributed by atoms with E-state index in [-0.39, 0.29) is 0 Å². The molecule has 1 aliphatic carbocycles. The molecule has 0 aromatic rings. The van der Waals surface area contributed by atoms with E-state index < -0.39 is 56.6 Å². The van der Waals surface area contributed by atoms with Gasteiger partial charge in [0, 0.05) is 0 Å². The van der Waals surface area contributed by atoms with Crippen molar-refractivity contribution in [2.75, 3.05) is 0 Å². The lowest BCUT2D eigenvalue weighted by Crippen LogP contribution is -2.91. The summed E-state index contributed by atoms with van der Waals surface area (Å²) in [5.41, 5.74) is 0. The van der Waals surface area contributed by atoms with Crippen molar-refractivity contribution in [3.63, 3.8) is 0 Å². The number of hydrogen-bond donors (Lipinski definition) is 0. The van der Waals surface area contributed by atoms with Gasteiger partial charge in [-0.3, -0.25) is 0 Å². The first-order valence-corrected chi connectivity index (χ1v) is 7.10. The highest BCUT2D eigenvalue weighted by Gasteiger charge is 3.09. The summed E-state index contributed by atoms with van der Waals surface area (Å²) < 4.78 is 224. The molecule has 0 aromatic heterocycles. The van der Waals surface area contributed by atoms with Crippen molar-refractivity contribution < 1.29 is 83.2 Å². The van der Waals surface area contributed by atoms with Gasteiger partial charge in [-0.1, -0.05) is 4.39 Å². The van der Waals surface area contributed by atoms with Gasteiger partial charge in [0.25, 0.3) is 0 Å². The first-order chi connectivity index (χ1) is 11.8. The lowest BCUT2D eigenvalue weighted by molar-refractivity contribution is -0.484. The van der Waals surface area contributed by atoms with Crippen LogP contribution in [0.4, 0.5) is 70.4 Å². The van der Waals surface area contributed by atoms with Crippen molar-refractivity contribution >= 4 is 10.1 Å². The Balaban J connectivity index is 4.51. The fraction of sp³-hybridized carbons (Fsp3) is 1.00. The Morgan fingerprint density at radius 2 is 0.821 bits per heavy atom. The lowest BCUT2D eigenvalue weighted by atomic mass is 9.70. The van der Waals surface area contributed by atoms with Crippen LogP contribution in [0.2, 0.25) is 0 Å². The van der Waals surface area contributed by atoms with E-state index in [9.17, 15) is 78.8 Å². The molecule has 0 radical (unpaired) electrons. The Morgan fingerprint density at radius 3 is 1.04 bits per heavy atom. The van der Waals surface area contributed by atoms with Crippen molar-refractivity contribution in [3.05, 3.63) is 0 Å². The second-order valence-electron chi connectivity index (χ2n) is 5.14. The molecule has 28 heavy (non-hydrogen) atoms. The molecule has 168 valence electrons. The number of rotatable bonds is 3. The Bertz CT molecular complexity index is 718. The maximum atomic E-state index is 13.7. The highest BCUT2D eigenvalue weighted by Crippen LogP contribution is 2.74. The fourth-order valence-corrected chi connectivity index (χ4v) is 3.75. The molecule has 1 aliphatic rings. The van der Waals surface area contributed by atoms with Crippen molar-refractivity contribution in [2.45, 2.75) is 46.5 Å². The highest BCUT2D eigenvalue weighted by atomic mass is 32.2. The molecular weight excluding hydrogens is 480 g/mol. The van der Waals surface area contributed by atoms with Crippen LogP contribution in [0, 0.1) is 0 Å². The first-order valence-electron chi connectivity index (χ1n) is 5.69. The molecule has 0 saturated heterocycles. The summed E-state index contributed by atoms with van der Waals surface area (Å²) in [6, 6.07) is 0. The molecule has 0 aliphatic heterocycles. The molecule has 0 heterocycles. The Labute approximate surface area is 141 Å². The zero-order valence-electron chi connectivity index (χ0n) is 11.7. The van der Waals surface area contributed by atoms with Crippen molar-refractivity contribution in [3.8, 4) is 0 Å². The number of hydrogen-bond acceptors (Lipinski definition) is 3. The average Bonchev–Trinajstić information content (AvgIpc) is 2.43. The van der Waals surface area contributed by atoms with Crippen LogP contribution in [-0.2, 0) is 14.5 Å². The van der Waals surface area contributed by atoms with Crippen molar-refractivity contribution in [1.29, 1.82) is 0 Å². The second kappa shape index (κ2) is 5.48. The third-order valence-corrected chi connectivity index (χ3v) is 5.40. The minimum atomic E-state index is -8.86. The van der Waals surface area contributed by atoms with Gasteiger partial charge in [-0.2, -0.15) is 74.3 Å². The van der Waals surface area contributed by atoms with Crippen LogP contribution in [0.5, 0.6) is 0 Å². The summed E-state index contributed by atoms with van der Waals surface area (Å²) in [7, 11) is -8.86. The molecule has 0 bridgehead atoms. The van der Waals surface area contributed by atoms with Gasteiger partial charge in [-0.25, -0.2) is 0 Å². The molecule has 0 atom stereocenters. The fourth-order valence-electron chi connectivity index (χ4n) is 2.34. The molecule has 0 unspecified atom stereocenters. The zero-order chi connectivity index (χ0) is 23.2. The van der Waals surface area contributed by atoms with Crippen LogP contribution in [0.1, 0.15) is 0 Å². The van der Waals surface area contributed by atoms with Gasteiger partial charge in [0.15, 0.2) is 0 Å². The Kier molecular flexibility index (Phi) is 4.86. The molecular formula is C8F16O3S. The summed E-state index contributed by atoms with van der Waals surface area (Å²) in [5, 5.41) is 0. The van der Waals surface area contributed by atoms with E-state index in [0.717, 1.165) is 4.39 Å². The third-order valence-electron chi connectivity index (χ3n) is 3.72. The lowest BCUT2D eigenvalue weighted by Gasteiger charge is -2.55. The average molecular weight is 480 g/mol. The molecule has 20 heteroatoms. The zero-order valence-corrected chi connectivity index (χ0v) is 12.5. The number of alkyl halides is 15. The van der Waals surface area contributed by atoms with Crippen LogP contribution in [0.3, 0.4) is 0 Å². The molecule has 1 rings (SSSR count). The Hall–Kier alpha value is -1.21. The van der Waals surface area contributed by atoms with Gasteiger partial charge in [-0.15, -0.1) is 0 Å². The maximum absolute atomic E-state index is 13.7. The molecule has 0 spiro atoms. The van der Waals surface area contributed by atoms with E-state index in [2.05, 4.69) is 0 Å². The summed E-state index contributed by atoms with van der Waals surface area (Å²) >= 11 is 0. The minimum Gasteiger partial charge on any atom is -0.197 e. The highest BCUT2D eigenvalue weighted by molar-refractivity contribution is 7.88. The van der Waals surface area contributed by atoms with E-state index >= 15 is 0 Å². The van der Waals surface area contributed by atoms with Crippen molar-refractivity contribution in [2.24, 2.45) is 0 Å². The van der Waals surface area contributed by atoms with Gasteiger partial charge in [0.2, 0.25) is 0 Å². The predicted octanol–water partition coefficient (Wildman–Crippen LogP) is 4.34. The van der Waals surface area contributed by atoms with Gasteiger partial charge >= 0.3 is 56.6 Å². The Morgan fingerprint density at radius 1 is 0.571 bits per heavy atom. The van der Waals surface area contributed by atoms with Crippen molar-refractivity contribution in [1.82, 2.24) is 0 Å². The summed E-state index contributed by atoms with van der Waals surface area (Å²) in [6.45, 7) is 0. The third kappa shape index (κ3) is 2.05. The smallest absolute Gasteiger partial charge is 0.197 e. The van der Waals surface area contributed by atoms with Crippen LogP contribution in [0.15, 0.2) is 0 Å². The molecule has 0 aromatic carbocycles. The minimum absolute atomic E-state index is 1.11. The van der Waals surface area contributed by atoms with E-state index in [4.69, 9.17) is 0 Å². The summed E-state index contributed by atoms with van der Waals surface area (Å²) in [6.07, 6.45) is -8.13. The molecule has 3 nitrogen and oxygen atoms in total. The molecule has 0 amide bonds. The standard InChI is InChI=1S/C8F16O3S/c9-2(10)1(28(25,26)27-24,4(13,14)8(21,22)23)3(11,12)6(17,18)7(19,20)5(2,15)16. The van der Waals surface area contributed by atoms with Crippen LogP contribution in [0.25, 0.3) is 0 Å². The van der Waals surface area contributed by atoms with Gasteiger partial charge in [-0.05, 0) is 4.53 Å². The van der Waals surface area contributed by atoms with Gasteiger partial charge < -0.3 is 0 Å². The maximum Gasteiger partial charge on any atom is 0.455 e. The molecule has 1 saturated carbocycles. The molecule has 0 N–H and O–H groups in total. The number of halogens is 16. The van der Waals surface area contributed by atoms with Gasteiger partial charge in [0.05, 0.1) is 0 Å². The van der Waals surface area contributed by atoms with Crippen LogP contribution < -0.4 is 0 Å². The van der Waals surface area contributed by atoms with E-state index in [0.29, 0.717) is 0 Å². The van der Waals surface area contributed by atoms with Crippen LogP contribution >= 0.6 is 0 Å². The normalized spacial score (nSPS) is 28.0. The van der Waals surface area contributed by atoms with Gasteiger partial charge in [0.1, 0.15) is 0 Å². The van der Waals surface area contributed by atoms with E-state index in [1.54, 1.807) is 0 Å². The van der Waals surface area contributed by atoms with E-state index in [1.165, 1.54) is 0 Å². The molecule has 1 fully saturated rings. The summed E-state index contributed by atoms with van der Waals surface area (Å²) in [5.74, 6) is -50.6. The van der Waals surface area contributed by atoms with Crippen LogP contribution in [-0.4, -0.2) is 54.9 Å². The monoisotopic (exact) mass is 480 g/mol. The summed E-state index contributed by atoms with van der Waals surface area (Å²) in [4.78, 5) is 0. The predicted molar refractivity (Wildman–Crippen MR) is 49.6 cm³/mol. The quantitative estimate of drug-likeness (QED) is 0.565. The topological polar surface area (TPSA) is 43.4 Å². The largest absolute Gasteiger partial charge is 0.455 e. The van der Waals surface area contributed by atoms with E-state index in [1.807, 2.05) is 0 Å². The first kappa shape index (κ1) is 24.8. The SMILES string of the molecule is O=S(=O)(OF)C1(C(F)(F)C(F)(F)F)C(F)(F)C(F)(F)C(F)(F)C(F)(F)C1(F)F.